The number of benzene rings is 1. The fourth-order valence-corrected chi connectivity index (χ4v) is 2.90. The zero-order valence-electron chi connectivity index (χ0n) is 13.2. The Balaban J connectivity index is 1.89. The number of amides is 1. The molecule has 1 aromatic carbocycles. The van der Waals surface area contributed by atoms with Crippen LogP contribution in [0.15, 0.2) is 30.3 Å². The van der Waals surface area contributed by atoms with Crippen molar-refractivity contribution in [1.29, 1.82) is 0 Å². The molecular weight excluding hydrogens is 314 g/mol. The van der Waals surface area contributed by atoms with Crippen LogP contribution < -0.4 is 0 Å². The number of hydrogen-bond acceptors (Lipinski definition) is 4. The lowest BCUT2D eigenvalue weighted by molar-refractivity contribution is -0.149. The zero-order valence-corrected chi connectivity index (χ0v) is 14.1. The van der Waals surface area contributed by atoms with Gasteiger partial charge >= 0.3 is 5.97 Å². The second-order valence-electron chi connectivity index (χ2n) is 5.89. The third-order valence-electron chi connectivity index (χ3n) is 4.11. The van der Waals surface area contributed by atoms with Crippen molar-refractivity contribution < 1.29 is 19.4 Å². The lowest BCUT2D eigenvalue weighted by Gasteiger charge is -2.24. The number of aliphatic carboxylic acids is 1. The quantitative estimate of drug-likeness (QED) is 0.746. The number of carboxylic acid groups (broad SMARTS) is 1. The van der Waals surface area contributed by atoms with E-state index in [9.17, 15) is 14.7 Å². The molecule has 6 heteroatoms. The number of nitrogens with zero attached hydrogens (tertiary/aromatic N) is 1. The first-order valence-electron chi connectivity index (χ1n) is 7.82. The first-order chi connectivity index (χ1) is 11.0. The van der Waals surface area contributed by atoms with E-state index in [1.807, 2.05) is 30.3 Å². The van der Waals surface area contributed by atoms with Gasteiger partial charge in [0, 0.05) is 24.6 Å². The number of likely N-dealkylation sites (tertiary alicyclic amines) is 1. The molecule has 0 spiro atoms. The van der Waals surface area contributed by atoms with Gasteiger partial charge in [0.2, 0.25) is 5.91 Å². The molecule has 1 fully saturated rings. The standard InChI is InChI=1S/C17H23NO4S/c1-12(11-23)16(19)18-10-14(9-15(18)17(20)21)22-8-7-13-5-3-2-4-6-13/h2-6,12,14-15,23H,7-11H2,1H3,(H,20,21)/t12?,14-,15-/m0/s1. The molecule has 1 aliphatic heterocycles. The van der Waals surface area contributed by atoms with Crippen LogP contribution in [-0.2, 0) is 20.7 Å². The molecule has 23 heavy (non-hydrogen) atoms. The van der Waals surface area contributed by atoms with Gasteiger partial charge in [-0.1, -0.05) is 37.3 Å². The summed E-state index contributed by atoms with van der Waals surface area (Å²) in [5.41, 5.74) is 1.18. The van der Waals surface area contributed by atoms with Gasteiger partial charge in [-0.15, -0.1) is 0 Å². The summed E-state index contributed by atoms with van der Waals surface area (Å²) < 4.78 is 5.80. The third kappa shape index (κ3) is 4.72. The van der Waals surface area contributed by atoms with E-state index in [-0.39, 0.29) is 17.9 Å². The van der Waals surface area contributed by atoms with Gasteiger partial charge in [-0.05, 0) is 12.0 Å². The maximum atomic E-state index is 12.3. The van der Waals surface area contributed by atoms with E-state index in [0.29, 0.717) is 25.3 Å². The van der Waals surface area contributed by atoms with E-state index < -0.39 is 12.0 Å². The summed E-state index contributed by atoms with van der Waals surface area (Å²) in [4.78, 5) is 25.1. The number of rotatable bonds is 7. The molecule has 0 bridgehead atoms. The molecule has 1 amide bonds. The molecular formula is C17H23NO4S. The van der Waals surface area contributed by atoms with Crippen molar-refractivity contribution in [1.82, 2.24) is 4.90 Å². The molecule has 1 aromatic rings. The van der Waals surface area contributed by atoms with Crippen molar-refractivity contribution >= 4 is 24.5 Å². The van der Waals surface area contributed by atoms with Crippen molar-refractivity contribution in [2.45, 2.75) is 31.9 Å². The molecule has 0 radical (unpaired) electrons. The summed E-state index contributed by atoms with van der Waals surface area (Å²) in [6.07, 6.45) is 0.890. The highest BCUT2D eigenvalue weighted by molar-refractivity contribution is 7.80. The summed E-state index contributed by atoms with van der Waals surface area (Å²) in [6.45, 7) is 2.62. The van der Waals surface area contributed by atoms with Gasteiger partial charge in [0.1, 0.15) is 6.04 Å². The predicted molar refractivity (Wildman–Crippen MR) is 90.7 cm³/mol. The topological polar surface area (TPSA) is 66.8 Å². The monoisotopic (exact) mass is 337 g/mol. The van der Waals surface area contributed by atoms with Crippen LogP contribution in [0.2, 0.25) is 0 Å². The number of carboxylic acids is 1. The highest BCUT2D eigenvalue weighted by Crippen LogP contribution is 2.23. The minimum absolute atomic E-state index is 0.165. The average Bonchev–Trinajstić information content (AvgIpc) is 2.99. The Morgan fingerprint density at radius 1 is 1.39 bits per heavy atom. The Labute approximate surface area is 142 Å². The summed E-state index contributed by atoms with van der Waals surface area (Å²) >= 11 is 4.12. The van der Waals surface area contributed by atoms with Gasteiger partial charge in [0.25, 0.3) is 0 Å². The summed E-state index contributed by atoms with van der Waals surface area (Å²) in [5, 5.41) is 9.34. The molecule has 1 heterocycles. The van der Waals surface area contributed by atoms with Crippen LogP contribution in [0.3, 0.4) is 0 Å². The summed E-state index contributed by atoms with van der Waals surface area (Å²) in [6, 6.07) is 9.18. The smallest absolute Gasteiger partial charge is 0.326 e. The van der Waals surface area contributed by atoms with Crippen molar-refractivity contribution in [2.75, 3.05) is 18.9 Å². The van der Waals surface area contributed by atoms with Crippen molar-refractivity contribution in [3.63, 3.8) is 0 Å². The number of thiol groups is 1. The van der Waals surface area contributed by atoms with Crippen molar-refractivity contribution in [3.8, 4) is 0 Å². The van der Waals surface area contributed by atoms with Crippen molar-refractivity contribution in [2.24, 2.45) is 5.92 Å². The predicted octanol–water partition coefficient (Wildman–Crippen LogP) is 1.87. The maximum Gasteiger partial charge on any atom is 0.326 e. The van der Waals surface area contributed by atoms with Crippen LogP contribution in [0.4, 0.5) is 0 Å². The first kappa shape index (κ1) is 17.8. The molecule has 2 rings (SSSR count). The molecule has 126 valence electrons. The lowest BCUT2D eigenvalue weighted by Crippen LogP contribution is -2.43. The Morgan fingerprint density at radius 2 is 2.09 bits per heavy atom. The van der Waals surface area contributed by atoms with E-state index in [1.165, 1.54) is 10.5 Å². The summed E-state index contributed by atoms with van der Waals surface area (Å²) in [7, 11) is 0. The van der Waals surface area contributed by atoms with Crippen LogP contribution in [0.25, 0.3) is 0 Å². The van der Waals surface area contributed by atoms with Crippen LogP contribution >= 0.6 is 12.6 Å². The van der Waals surface area contributed by atoms with Crippen LogP contribution in [0, 0.1) is 5.92 Å². The number of hydrogen-bond donors (Lipinski definition) is 2. The molecule has 0 saturated carbocycles. The van der Waals surface area contributed by atoms with E-state index >= 15 is 0 Å². The van der Waals surface area contributed by atoms with Gasteiger partial charge in [0.05, 0.1) is 12.7 Å². The Morgan fingerprint density at radius 3 is 2.70 bits per heavy atom. The lowest BCUT2D eigenvalue weighted by atomic mass is 10.1. The van der Waals surface area contributed by atoms with E-state index in [4.69, 9.17) is 4.74 Å². The normalized spacial score (nSPS) is 22.1. The van der Waals surface area contributed by atoms with Crippen LogP contribution in [0.5, 0.6) is 0 Å². The van der Waals surface area contributed by atoms with E-state index in [0.717, 1.165) is 6.42 Å². The minimum Gasteiger partial charge on any atom is -0.480 e. The fraction of sp³-hybridized carbons (Fsp3) is 0.529. The van der Waals surface area contributed by atoms with Crippen molar-refractivity contribution in [3.05, 3.63) is 35.9 Å². The van der Waals surface area contributed by atoms with Crippen LogP contribution in [0.1, 0.15) is 18.9 Å². The molecule has 5 nitrogen and oxygen atoms in total. The third-order valence-corrected chi connectivity index (χ3v) is 4.66. The minimum atomic E-state index is -0.973. The maximum absolute atomic E-state index is 12.3. The Hall–Kier alpha value is -1.53. The highest BCUT2D eigenvalue weighted by Gasteiger charge is 2.41. The largest absolute Gasteiger partial charge is 0.480 e. The molecule has 1 N–H and O–H groups in total. The molecule has 3 atom stereocenters. The van der Waals surface area contributed by atoms with Gasteiger partial charge in [0.15, 0.2) is 0 Å². The van der Waals surface area contributed by atoms with Gasteiger partial charge in [-0.25, -0.2) is 4.79 Å². The molecule has 1 saturated heterocycles. The van der Waals surface area contributed by atoms with Gasteiger partial charge in [-0.3, -0.25) is 4.79 Å². The average molecular weight is 337 g/mol. The SMILES string of the molecule is CC(CS)C(=O)N1C[C@@H](OCCc2ccccc2)C[C@H]1C(=O)O. The van der Waals surface area contributed by atoms with Crippen LogP contribution in [-0.4, -0.2) is 52.9 Å². The molecule has 0 aliphatic carbocycles. The van der Waals surface area contributed by atoms with E-state index in [1.54, 1.807) is 6.92 Å². The number of ether oxygens (including phenoxy) is 1. The Kier molecular flexibility index (Phi) is 6.47. The molecule has 1 unspecified atom stereocenters. The van der Waals surface area contributed by atoms with E-state index in [2.05, 4.69) is 12.6 Å². The highest BCUT2D eigenvalue weighted by atomic mass is 32.1. The zero-order chi connectivity index (χ0) is 16.8. The fourth-order valence-electron chi connectivity index (χ4n) is 2.75. The number of carbonyl (C=O) groups excluding carboxylic acids is 1. The summed E-state index contributed by atoms with van der Waals surface area (Å²) in [5.74, 6) is -1.02. The molecule has 0 aromatic heterocycles. The second-order valence-corrected chi connectivity index (χ2v) is 6.26. The first-order valence-corrected chi connectivity index (χ1v) is 8.45. The second kappa shape index (κ2) is 8.36. The molecule has 1 aliphatic rings. The number of carbonyl (C=O) groups is 2. The van der Waals surface area contributed by atoms with Gasteiger partial charge < -0.3 is 14.7 Å². The van der Waals surface area contributed by atoms with Gasteiger partial charge in [-0.2, -0.15) is 12.6 Å². The Bertz CT molecular complexity index is 537.